The van der Waals surface area contributed by atoms with E-state index < -0.39 is 27.0 Å². The van der Waals surface area contributed by atoms with Gasteiger partial charge in [0, 0.05) is 23.7 Å². The normalized spacial score (nSPS) is 18.9. The molecule has 2 aromatic carbocycles. The summed E-state index contributed by atoms with van der Waals surface area (Å²) in [5, 5.41) is 1.77. The zero-order valence-corrected chi connectivity index (χ0v) is 16.9. The van der Waals surface area contributed by atoms with Crippen LogP contribution in [-0.2, 0) is 19.6 Å². The molecule has 2 heterocycles. The van der Waals surface area contributed by atoms with Crippen molar-refractivity contribution in [3.8, 4) is 0 Å². The van der Waals surface area contributed by atoms with Gasteiger partial charge in [-0.2, -0.15) is 0 Å². The largest absolute Gasteiger partial charge is 0.341 e. The molecule has 10 heteroatoms. The van der Waals surface area contributed by atoms with Gasteiger partial charge >= 0.3 is 0 Å². The zero-order valence-electron chi connectivity index (χ0n) is 15.2. The number of halogens is 1. The van der Waals surface area contributed by atoms with Crippen LogP contribution in [0.2, 0.25) is 0 Å². The summed E-state index contributed by atoms with van der Waals surface area (Å²) in [5.41, 5.74) is 0.561. The molecule has 1 fully saturated rings. The standard InChI is InChI=1S/C19H18FN3O4S2/c20-12-3-5-13(6-4-12)22-29(26,27)14-7-8-16-15(11-14)21-18(24)17(28-16)19(25)23-9-1-2-10-23/h3-8,11,17,22H,1-2,9-10H2,(H,21,24)/t17-/m1/s1. The van der Waals surface area contributed by atoms with E-state index in [9.17, 15) is 22.4 Å². The highest BCUT2D eigenvalue weighted by Gasteiger charge is 2.37. The van der Waals surface area contributed by atoms with Crippen molar-refractivity contribution >= 4 is 45.0 Å². The van der Waals surface area contributed by atoms with Gasteiger partial charge in [-0.1, -0.05) is 0 Å². The lowest BCUT2D eigenvalue weighted by Crippen LogP contribution is -2.43. The first kappa shape index (κ1) is 19.7. The third-order valence-electron chi connectivity index (χ3n) is 4.74. The zero-order chi connectivity index (χ0) is 20.6. The fraction of sp³-hybridized carbons (Fsp3) is 0.263. The van der Waals surface area contributed by atoms with Gasteiger partial charge in [0.1, 0.15) is 5.82 Å². The minimum Gasteiger partial charge on any atom is -0.341 e. The number of rotatable bonds is 4. The number of carbonyl (C=O) groups excluding carboxylic acids is 2. The highest BCUT2D eigenvalue weighted by atomic mass is 32.2. The van der Waals surface area contributed by atoms with Crippen molar-refractivity contribution in [1.82, 2.24) is 4.90 Å². The number of amides is 2. The van der Waals surface area contributed by atoms with Crippen LogP contribution in [0.5, 0.6) is 0 Å². The van der Waals surface area contributed by atoms with Crippen molar-refractivity contribution in [2.24, 2.45) is 0 Å². The van der Waals surface area contributed by atoms with E-state index in [1.165, 1.54) is 24.3 Å². The SMILES string of the molecule is O=C1Nc2cc(S(=O)(=O)Nc3ccc(F)cc3)ccc2S[C@H]1C(=O)N1CCCC1. The predicted octanol–water partition coefficient (Wildman–Crippen LogP) is 2.66. The van der Waals surface area contributed by atoms with Crippen LogP contribution in [0, 0.1) is 5.82 Å². The van der Waals surface area contributed by atoms with Crippen LogP contribution in [0.1, 0.15) is 12.8 Å². The second kappa shape index (κ2) is 7.68. The molecule has 0 aromatic heterocycles. The number of benzene rings is 2. The first-order valence-electron chi connectivity index (χ1n) is 9.02. The summed E-state index contributed by atoms with van der Waals surface area (Å²) in [5.74, 6) is -1.15. The molecule has 7 nitrogen and oxygen atoms in total. The van der Waals surface area contributed by atoms with E-state index in [0.29, 0.717) is 23.7 Å². The Balaban J connectivity index is 1.55. The summed E-state index contributed by atoms with van der Waals surface area (Å²) >= 11 is 1.12. The number of anilines is 2. The molecule has 2 aromatic rings. The van der Waals surface area contributed by atoms with Crippen molar-refractivity contribution in [2.45, 2.75) is 27.9 Å². The van der Waals surface area contributed by atoms with Gasteiger partial charge in [0.15, 0.2) is 5.25 Å². The predicted molar refractivity (Wildman–Crippen MR) is 108 cm³/mol. The molecule has 0 saturated carbocycles. The van der Waals surface area contributed by atoms with Crippen LogP contribution in [0.25, 0.3) is 0 Å². The molecule has 1 saturated heterocycles. The number of carbonyl (C=O) groups is 2. The maximum atomic E-state index is 13.0. The van der Waals surface area contributed by atoms with Crippen molar-refractivity contribution in [1.29, 1.82) is 0 Å². The average Bonchev–Trinajstić information content (AvgIpc) is 3.23. The number of thioether (sulfide) groups is 1. The van der Waals surface area contributed by atoms with Gasteiger partial charge in [0.2, 0.25) is 11.8 Å². The molecule has 29 heavy (non-hydrogen) atoms. The highest BCUT2D eigenvalue weighted by Crippen LogP contribution is 2.38. The Hall–Kier alpha value is -2.59. The van der Waals surface area contributed by atoms with E-state index in [4.69, 9.17) is 0 Å². The Morgan fingerprint density at radius 3 is 2.52 bits per heavy atom. The second-order valence-electron chi connectivity index (χ2n) is 6.79. The maximum absolute atomic E-state index is 13.0. The van der Waals surface area contributed by atoms with Crippen molar-refractivity contribution < 1.29 is 22.4 Å². The molecule has 0 spiro atoms. The summed E-state index contributed by atoms with van der Waals surface area (Å²) in [6, 6.07) is 9.27. The Kier molecular flexibility index (Phi) is 5.22. The molecule has 0 aliphatic carbocycles. The van der Waals surface area contributed by atoms with Crippen molar-refractivity contribution in [3.05, 3.63) is 48.3 Å². The number of sulfonamides is 1. The minimum atomic E-state index is -3.93. The molecule has 0 unspecified atom stereocenters. The number of nitrogens with zero attached hydrogens (tertiary/aromatic N) is 1. The first-order valence-corrected chi connectivity index (χ1v) is 11.4. The van der Waals surface area contributed by atoms with Gasteiger partial charge in [-0.3, -0.25) is 14.3 Å². The molecule has 152 valence electrons. The summed E-state index contributed by atoms with van der Waals surface area (Å²) in [7, 11) is -3.93. The molecule has 2 aliphatic rings. The van der Waals surface area contributed by atoms with Gasteiger partial charge in [0.05, 0.1) is 10.6 Å². The lowest BCUT2D eigenvalue weighted by atomic mass is 10.2. The average molecular weight is 436 g/mol. The quantitative estimate of drug-likeness (QED) is 0.720. The summed E-state index contributed by atoms with van der Waals surface area (Å²) in [6.07, 6.45) is 1.87. The van der Waals surface area contributed by atoms with Gasteiger partial charge in [-0.25, -0.2) is 12.8 Å². The van der Waals surface area contributed by atoms with E-state index in [1.54, 1.807) is 11.0 Å². The van der Waals surface area contributed by atoms with E-state index in [1.807, 2.05) is 0 Å². The van der Waals surface area contributed by atoms with Gasteiger partial charge < -0.3 is 10.2 Å². The Bertz CT molecular complexity index is 1070. The minimum absolute atomic E-state index is 0.0502. The van der Waals surface area contributed by atoms with Crippen LogP contribution in [0.15, 0.2) is 52.3 Å². The van der Waals surface area contributed by atoms with Crippen LogP contribution in [-0.4, -0.2) is 43.5 Å². The third kappa shape index (κ3) is 4.08. The number of nitrogens with one attached hydrogen (secondary N) is 2. The summed E-state index contributed by atoms with van der Waals surface area (Å²) in [4.78, 5) is 27.3. The number of fused-ring (bicyclic) bond motifs is 1. The first-order chi connectivity index (χ1) is 13.8. The molecular formula is C19H18FN3O4S2. The lowest BCUT2D eigenvalue weighted by molar-refractivity contribution is -0.133. The molecule has 0 bridgehead atoms. The smallest absolute Gasteiger partial charge is 0.261 e. The number of hydrogen-bond acceptors (Lipinski definition) is 5. The highest BCUT2D eigenvalue weighted by molar-refractivity contribution is 8.01. The fourth-order valence-electron chi connectivity index (χ4n) is 3.25. The Morgan fingerprint density at radius 2 is 1.83 bits per heavy atom. The van der Waals surface area contributed by atoms with E-state index in [-0.39, 0.29) is 16.5 Å². The van der Waals surface area contributed by atoms with Gasteiger partial charge in [-0.05, 0) is 55.3 Å². The molecule has 2 N–H and O–H groups in total. The third-order valence-corrected chi connectivity index (χ3v) is 7.38. The molecule has 1 atom stereocenters. The molecule has 2 amide bonds. The van der Waals surface area contributed by atoms with Crippen LogP contribution in [0.3, 0.4) is 0 Å². The molecular weight excluding hydrogens is 417 g/mol. The molecule has 0 radical (unpaired) electrons. The van der Waals surface area contributed by atoms with Crippen LogP contribution >= 0.6 is 11.8 Å². The topological polar surface area (TPSA) is 95.6 Å². The molecule has 2 aliphatic heterocycles. The lowest BCUT2D eigenvalue weighted by Gasteiger charge is -2.27. The number of hydrogen-bond donors (Lipinski definition) is 2. The summed E-state index contributed by atoms with van der Waals surface area (Å²) < 4.78 is 40.6. The van der Waals surface area contributed by atoms with Crippen molar-refractivity contribution in [2.75, 3.05) is 23.1 Å². The van der Waals surface area contributed by atoms with E-state index in [0.717, 1.165) is 36.7 Å². The summed E-state index contributed by atoms with van der Waals surface area (Å²) in [6.45, 7) is 1.31. The van der Waals surface area contributed by atoms with Crippen molar-refractivity contribution in [3.63, 3.8) is 0 Å². The maximum Gasteiger partial charge on any atom is 0.261 e. The monoisotopic (exact) mass is 435 g/mol. The van der Waals surface area contributed by atoms with Gasteiger partial charge in [-0.15, -0.1) is 11.8 Å². The van der Waals surface area contributed by atoms with Gasteiger partial charge in [0.25, 0.3) is 10.0 Å². The Morgan fingerprint density at radius 1 is 1.14 bits per heavy atom. The Labute approximate surface area is 171 Å². The van der Waals surface area contributed by atoms with Crippen LogP contribution in [0.4, 0.5) is 15.8 Å². The van der Waals surface area contributed by atoms with E-state index >= 15 is 0 Å². The van der Waals surface area contributed by atoms with Crippen LogP contribution < -0.4 is 10.0 Å². The fourth-order valence-corrected chi connectivity index (χ4v) is 5.39. The molecule has 4 rings (SSSR count). The second-order valence-corrected chi connectivity index (χ2v) is 9.62. The number of likely N-dealkylation sites (tertiary alicyclic amines) is 1. The van der Waals surface area contributed by atoms with E-state index in [2.05, 4.69) is 10.0 Å².